The molecule has 0 spiro atoms. The fourth-order valence-electron chi connectivity index (χ4n) is 0.946. The molecule has 0 saturated carbocycles. The van der Waals surface area contributed by atoms with Crippen LogP contribution in [0.1, 0.15) is 6.42 Å². The molecule has 0 saturated heterocycles. The van der Waals surface area contributed by atoms with Gasteiger partial charge in [-0.25, -0.2) is 0 Å². The highest BCUT2D eigenvalue weighted by molar-refractivity contribution is 6.42. The predicted molar refractivity (Wildman–Crippen MR) is 58.2 cm³/mol. The first-order chi connectivity index (χ1) is 7.15. The van der Waals surface area contributed by atoms with Crippen LogP contribution < -0.4 is 4.74 Å². The molecule has 0 aliphatic heterocycles. The predicted octanol–water partition coefficient (Wildman–Crippen LogP) is 2.65. The van der Waals surface area contributed by atoms with Gasteiger partial charge in [0.25, 0.3) is 0 Å². The van der Waals surface area contributed by atoms with Gasteiger partial charge in [-0.1, -0.05) is 29.3 Å². The van der Waals surface area contributed by atoms with E-state index in [-0.39, 0.29) is 13.0 Å². The van der Waals surface area contributed by atoms with E-state index in [0.717, 1.165) is 0 Å². The van der Waals surface area contributed by atoms with Crippen molar-refractivity contribution >= 4 is 23.2 Å². The number of halogens is 2. The Morgan fingerprint density at radius 2 is 2.20 bits per heavy atom. The van der Waals surface area contributed by atoms with Crippen molar-refractivity contribution < 1.29 is 9.84 Å². The molecular formula is C10H9Cl2NO2. The van der Waals surface area contributed by atoms with Gasteiger partial charge in [-0.3, -0.25) is 0 Å². The smallest absolute Gasteiger partial charge is 0.139 e. The SMILES string of the molecule is N#CCC(O)COc1cccc(Cl)c1Cl. The lowest BCUT2D eigenvalue weighted by atomic mass is 10.3. The molecule has 0 aromatic heterocycles. The fourth-order valence-corrected chi connectivity index (χ4v) is 1.29. The van der Waals surface area contributed by atoms with Crippen LogP contribution in [0.2, 0.25) is 10.0 Å². The van der Waals surface area contributed by atoms with Crippen LogP contribution >= 0.6 is 23.2 Å². The lowest BCUT2D eigenvalue weighted by Gasteiger charge is -2.11. The summed E-state index contributed by atoms with van der Waals surface area (Å²) < 4.78 is 5.21. The first-order valence-corrected chi connectivity index (χ1v) is 5.02. The molecule has 0 amide bonds. The average Bonchev–Trinajstić information content (AvgIpc) is 2.21. The second-order valence-electron chi connectivity index (χ2n) is 2.88. The Bertz CT molecular complexity index is 376. The zero-order valence-electron chi connectivity index (χ0n) is 7.78. The minimum absolute atomic E-state index is 0.0215. The maximum absolute atomic E-state index is 9.25. The summed E-state index contributed by atoms with van der Waals surface area (Å²) in [5, 5.41) is 18.3. The van der Waals surface area contributed by atoms with Crippen LogP contribution in [-0.4, -0.2) is 17.8 Å². The molecule has 0 aliphatic rings. The molecule has 1 N–H and O–H groups in total. The number of rotatable bonds is 4. The normalized spacial score (nSPS) is 11.9. The molecule has 0 bridgehead atoms. The Morgan fingerprint density at radius 3 is 2.87 bits per heavy atom. The summed E-state index contributed by atoms with van der Waals surface area (Å²) in [5.74, 6) is 0.404. The number of aliphatic hydroxyl groups excluding tert-OH is 1. The zero-order chi connectivity index (χ0) is 11.3. The number of hydrogen-bond donors (Lipinski definition) is 1. The number of nitrogens with zero attached hydrogens (tertiary/aromatic N) is 1. The van der Waals surface area contributed by atoms with E-state index in [9.17, 15) is 5.11 Å². The van der Waals surface area contributed by atoms with Crippen molar-refractivity contribution in [3.63, 3.8) is 0 Å². The molecule has 0 aliphatic carbocycles. The van der Waals surface area contributed by atoms with E-state index < -0.39 is 6.10 Å². The van der Waals surface area contributed by atoms with Gasteiger partial charge in [0, 0.05) is 0 Å². The van der Waals surface area contributed by atoms with Crippen LogP contribution in [0.4, 0.5) is 0 Å². The summed E-state index contributed by atoms with van der Waals surface area (Å²) in [7, 11) is 0. The highest BCUT2D eigenvalue weighted by Gasteiger charge is 2.08. The van der Waals surface area contributed by atoms with Gasteiger partial charge in [0.1, 0.15) is 23.5 Å². The van der Waals surface area contributed by atoms with Crippen molar-refractivity contribution in [1.29, 1.82) is 5.26 Å². The molecule has 1 aromatic carbocycles. The number of benzene rings is 1. The van der Waals surface area contributed by atoms with Gasteiger partial charge in [0.2, 0.25) is 0 Å². The third-order valence-corrected chi connectivity index (χ3v) is 2.48. The molecule has 0 radical (unpaired) electrons. The van der Waals surface area contributed by atoms with Gasteiger partial charge in [-0.2, -0.15) is 5.26 Å². The minimum atomic E-state index is -0.815. The zero-order valence-corrected chi connectivity index (χ0v) is 9.29. The molecule has 0 heterocycles. The van der Waals surface area contributed by atoms with E-state index in [1.165, 1.54) is 0 Å². The van der Waals surface area contributed by atoms with E-state index in [2.05, 4.69) is 0 Å². The summed E-state index contributed by atoms with van der Waals surface area (Å²) >= 11 is 11.6. The molecule has 0 fully saturated rings. The summed E-state index contributed by atoms with van der Waals surface area (Å²) in [4.78, 5) is 0. The number of nitriles is 1. The van der Waals surface area contributed by atoms with E-state index in [4.69, 9.17) is 33.2 Å². The molecule has 1 atom stereocenters. The van der Waals surface area contributed by atoms with E-state index in [1.54, 1.807) is 18.2 Å². The van der Waals surface area contributed by atoms with Gasteiger partial charge >= 0.3 is 0 Å². The third-order valence-electron chi connectivity index (χ3n) is 1.67. The molecule has 1 unspecified atom stereocenters. The lowest BCUT2D eigenvalue weighted by Crippen LogP contribution is -2.16. The Balaban J connectivity index is 2.58. The van der Waals surface area contributed by atoms with Gasteiger partial charge in [-0.05, 0) is 12.1 Å². The van der Waals surface area contributed by atoms with Crippen molar-refractivity contribution in [2.75, 3.05) is 6.61 Å². The van der Waals surface area contributed by atoms with E-state index >= 15 is 0 Å². The maximum Gasteiger partial charge on any atom is 0.139 e. The highest BCUT2D eigenvalue weighted by atomic mass is 35.5. The van der Waals surface area contributed by atoms with Crippen LogP contribution in [0.5, 0.6) is 5.75 Å². The minimum Gasteiger partial charge on any atom is -0.489 e. The Kier molecular flexibility index (Phi) is 4.70. The van der Waals surface area contributed by atoms with Gasteiger partial charge in [0.15, 0.2) is 0 Å². The van der Waals surface area contributed by atoms with Crippen LogP contribution in [0.25, 0.3) is 0 Å². The fraction of sp³-hybridized carbons (Fsp3) is 0.300. The van der Waals surface area contributed by atoms with Crippen molar-refractivity contribution in [3.8, 4) is 11.8 Å². The third kappa shape index (κ3) is 3.60. The first-order valence-electron chi connectivity index (χ1n) is 4.27. The molecule has 1 rings (SSSR count). The largest absolute Gasteiger partial charge is 0.489 e. The standard InChI is InChI=1S/C10H9Cl2NO2/c11-8-2-1-3-9(10(8)12)15-6-7(14)4-5-13/h1-3,7,14H,4,6H2. The van der Waals surface area contributed by atoms with Crippen molar-refractivity contribution in [2.45, 2.75) is 12.5 Å². The van der Waals surface area contributed by atoms with E-state index in [0.29, 0.717) is 15.8 Å². The van der Waals surface area contributed by atoms with Crippen LogP contribution in [0, 0.1) is 11.3 Å². The second-order valence-corrected chi connectivity index (χ2v) is 3.66. The first kappa shape index (κ1) is 12.1. The molecule has 15 heavy (non-hydrogen) atoms. The highest BCUT2D eigenvalue weighted by Crippen LogP contribution is 2.31. The number of ether oxygens (including phenoxy) is 1. The van der Waals surface area contributed by atoms with Gasteiger partial charge < -0.3 is 9.84 Å². The Labute approximate surface area is 97.8 Å². The summed E-state index contributed by atoms with van der Waals surface area (Å²) in [6.45, 7) is 0.0215. The maximum atomic E-state index is 9.25. The number of hydrogen-bond acceptors (Lipinski definition) is 3. The second kappa shape index (κ2) is 5.82. The van der Waals surface area contributed by atoms with Crippen LogP contribution in [0.3, 0.4) is 0 Å². The summed E-state index contributed by atoms with van der Waals surface area (Å²) in [5.41, 5.74) is 0. The van der Waals surface area contributed by atoms with Crippen LogP contribution in [-0.2, 0) is 0 Å². The molecule has 80 valence electrons. The van der Waals surface area contributed by atoms with Gasteiger partial charge in [0.05, 0.1) is 17.5 Å². The van der Waals surface area contributed by atoms with Crippen molar-refractivity contribution in [1.82, 2.24) is 0 Å². The monoisotopic (exact) mass is 245 g/mol. The number of aliphatic hydroxyl groups is 1. The molecule has 1 aromatic rings. The van der Waals surface area contributed by atoms with Crippen molar-refractivity contribution in [2.24, 2.45) is 0 Å². The Hall–Kier alpha value is -0.950. The molecule has 3 nitrogen and oxygen atoms in total. The average molecular weight is 246 g/mol. The quantitative estimate of drug-likeness (QED) is 0.888. The van der Waals surface area contributed by atoms with Crippen LogP contribution in [0.15, 0.2) is 18.2 Å². The Morgan fingerprint density at radius 1 is 1.47 bits per heavy atom. The summed E-state index contributed by atoms with van der Waals surface area (Å²) in [6, 6.07) is 6.82. The topological polar surface area (TPSA) is 53.2 Å². The lowest BCUT2D eigenvalue weighted by molar-refractivity contribution is 0.111. The molecule has 5 heteroatoms. The molecular weight excluding hydrogens is 237 g/mol. The van der Waals surface area contributed by atoms with E-state index in [1.807, 2.05) is 6.07 Å². The van der Waals surface area contributed by atoms with Crippen molar-refractivity contribution in [3.05, 3.63) is 28.2 Å². The summed E-state index contributed by atoms with van der Waals surface area (Å²) in [6.07, 6.45) is -0.789. The van der Waals surface area contributed by atoms with Gasteiger partial charge in [-0.15, -0.1) is 0 Å².